The van der Waals surface area contributed by atoms with Crippen molar-refractivity contribution in [2.24, 2.45) is 0 Å². The highest BCUT2D eigenvalue weighted by Crippen LogP contribution is 2.28. The molecule has 2 aromatic carbocycles. The molecule has 0 bridgehead atoms. The van der Waals surface area contributed by atoms with Crippen LogP contribution in [0.2, 0.25) is 0 Å². The van der Waals surface area contributed by atoms with Gasteiger partial charge in [-0.3, -0.25) is 0 Å². The zero-order valence-corrected chi connectivity index (χ0v) is 10.5. The number of hydrogen-bond acceptors (Lipinski definition) is 0. The third kappa shape index (κ3) is 1.63. The summed E-state index contributed by atoms with van der Waals surface area (Å²) >= 11 is 0. The van der Waals surface area contributed by atoms with Crippen molar-refractivity contribution in [2.75, 3.05) is 0 Å². The first-order chi connectivity index (χ1) is 9.42. The molecule has 0 aliphatic carbocycles. The summed E-state index contributed by atoms with van der Waals surface area (Å²) in [6, 6.07) is 23.5. The molecule has 0 atom stereocenters. The fraction of sp³-hybridized carbons (Fsp3) is 0. The smallest absolute Gasteiger partial charge is 0.0528 e. The van der Waals surface area contributed by atoms with Gasteiger partial charge < -0.3 is 4.40 Å². The lowest BCUT2D eigenvalue weighted by molar-refractivity contribution is 1.21. The van der Waals surface area contributed by atoms with E-state index in [9.17, 15) is 0 Å². The lowest BCUT2D eigenvalue weighted by atomic mass is 10.0. The van der Waals surface area contributed by atoms with Crippen molar-refractivity contribution < 1.29 is 0 Å². The Labute approximate surface area is 111 Å². The van der Waals surface area contributed by atoms with Gasteiger partial charge in [0, 0.05) is 23.2 Å². The van der Waals surface area contributed by atoms with Crippen molar-refractivity contribution >= 4 is 16.3 Å². The lowest BCUT2D eigenvalue weighted by Crippen LogP contribution is -1.78. The summed E-state index contributed by atoms with van der Waals surface area (Å²) in [4.78, 5) is 0. The Balaban J connectivity index is 2.03. The molecule has 90 valence electrons. The zero-order chi connectivity index (χ0) is 12.7. The summed E-state index contributed by atoms with van der Waals surface area (Å²) in [7, 11) is 0. The van der Waals surface area contributed by atoms with Gasteiger partial charge in [0.05, 0.1) is 5.52 Å². The van der Waals surface area contributed by atoms with Crippen LogP contribution in [0, 0.1) is 0 Å². The molecule has 1 heteroatoms. The summed E-state index contributed by atoms with van der Waals surface area (Å²) in [6.45, 7) is 0. The molecule has 0 saturated heterocycles. The number of fused-ring (bicyclic) bond motifs is 3. The second-order valence-corrected chi connectivity index (χ2v) is 4.79. The van der Waals surface area contributed by atoms with Gasteiger partial charge in [0.2, 0.25) is 0 Å². The molecule has 2 aromatic heterocycles. The molecule has 0 spiro atoms. The quantitative estimate of drug-likeness (QED) is 0.454. The fourth-order valence-corrected chi connectivity index (χ4v) is 2.65. The number of benzene rings is 2. The van der Waals surface area contributed by atoms with Crippen LogP contribution in [0.3, 0.4) is 0 Å². The zero-order valence-electron chi connectivity index (χ0n) is 10.5. The van der Waals surface area contributed by atoms with Crippen LogP contribution in [0.25, 0.3) is 27.4 Å². The molecule has 19 heavy (non-hydrogen) atoms. The van der Waals surface area contributed by atoms with Crippen molar-refractivity contribution in [1.82, 2.24) is 4.40 Å². The van der Waals surface area contributed by atoms with E-state index in [4.69, 9.17) is 0 Å². The van der Waals surface area contributed by atoms with Crippen molar-refractivity contribution in [1.29, 1.82) is 0 Å². The first-order valence-electron chi connectivity index (χ1n) is 6.47. The molecule has 2 heterocycles. The average Bonchev–Trinajstić information content (AvgIpc) is 2.86. The molecule has 4 aromatic rings. The molecule has 0 N–H and O–H groups in total. The van der Waals surface area contributed by atoms with E-state index in [-0.39, 0.29) is 0 Å². The third-order valence-corrected chi connectivity index (χ3v) is 3.60. The van der Waals surface area contributed by atoms with Gasteiger partial charge in [0.25, 0.3) is 0 Å². The minimum absolute atomic E-state index is 1.26. The Hall–Kier alpha value is -2.54. The maximum absolute atomic E-state index is 2.28. The van der Waals surface area contributed by atoms with Gasteiger partial charge in [-0.25, -0.2) is 0 Å². The van der Waals surface area contributed by atoms with E-state index in [1.807, 2.05) is 0 Å². The van der Waals surface area contributed by atoms with Crippen LogP contribution in [0.15, 0.2) is 79.1 Å². The minimum atomic E-state index is 1.26. The van der Waals surface area contributed by atoms with Gasteiger partial charge >= 0.3 is 0 Å². The standard InChI is InChI=1S/C18H13N/c1-2-6-14(7-3-1)15-9-10-16-13-19-11-5-4-8-18(19)17(16)12-15/h1-13H. The van der Waals surface area contributed by atoms with Crippen LogP contribution < -0.4 is 0 Å². The van der Waals surface area contributed by atoms with Crippen molar-refractivity contribution in [3.8, 4) is 11.1 Å². The van der Waals surface area contributed by atoms with Crippen LogP contribution in [-0.4, -0.2) is 4.40 Å². The molecule has 0 radical (unpaired) electrons. The molecule has 0 fully saturated rings. The van der Waals surface area contributed by atoms with Crippen LogP contribution >= 0.6 is 0 Å². The number of rotatable bonds is 1. The Morgan fingerprint density at radius 3 is 2.42 bits per heavy atom. The number of pyridine rings is 1. The molecule has 1 nitrogen and oxygen atoms in total. The molecular weight excluding hydrogens is 230 g/mol. The molecule has 0 amide bonds. The predicted octanol–water partition coefficient (Wildman–Crippen LogP) is 4.76. The highest BCUT2D eigenvalue weighted by molar-refractivity contribution is 5.99. The molecular formula is C18H13N. The summed E-state index contributed by atoms with van der Waals surface area (Å²) in [5.74, 6) is 0. The highest BCUT2D eigenvalue weighted by Gasteiger charge is 2.04. The predicted molar refractivity (Wildman–Crippen MR) is 80.3 cm³/mol. The van der Waals surface area contributed by atoms with E-state index in [2.05, 4.69) is 83.5 Å². The Kier molecular flexibility index (Phi) is 2.18. The van der Waals surface area contributed by atoms with E-state index in [1.165, 1.54) is 27.4 Å². The number of aromatic nitrogens is 1. The molecule has 4 rings (SSSR count). The van der Waals surface area contributed by atoms with Crippen LogP contribution in [0.4, 0.5) is 0 Å². The average molecular weight is 243 g/mol. The van der Waals surface area contributed by atoms with Gasteiger partial charge in [-0.1, -0.05) is 48.5 Å². The largest absolute Gasteiger partial charge is 0.323 e. The monoisotopic (exact) mass is 243 g/mol. The fourth-order valence-electron chi connectivity index (χ4n) is 2.65. The Morgan fingerprint density at radius 1 is 0.684 bits per heavy atom. The molecule has 0 saturated carbocycles. The second-order valence-electron chi connectivity index (χ2n) is 4.79. The van der Waals surface area contributed by atoms with E-state index >= 15 is 0 Å². The van der Waals surface area contributed by atoms with Gasteiger partial charge in [0.15, 0.2) is 0 Å². The van der Waals surface area contributed by atoms with Gasteiger partial charge in [-0.15, -0.1) is 0 Å². The SMILES string of the molecule is c1ccc(-c2ccc3cn4ccccc4c3c2)cc1. The molecule has 0 aliphatic heterocycles. The van der Waals surface area contributed by atoms with Gasteiger partial charge in [-0.05, 0) is 29.3 Å². The third-order valence-electron chi connectivity index (χ3n) is 3.60. The van der Waals surface area contributed by atoms with Gasteiger partial charge in [0.1, 0.15) is 0 Å². The maximum Gasteiger partial charge on any atom is 0.0528 e. The second kappa shape index (κ2) is 3.99. The minimum Gasteiger partial charge on any atom is -0.323 e. The summed E-state index contributed by atoms with van der Waals surface area (Å²) in [5.41, 5.74) is 3.79. The molecule has 0 aliphatic rings. The maximum atomic E-state index is 2.28. The first kappa shape index (κ1) is 10.4. The Bertz CT molecular complexity index is 857. The van der Waals surface area contributed by atoms with Crippen molar-refractivity contribution in [3.05, 3.63) is 79.1 Å². The highest BCUT2D eigenvalue weighted by atomic mass is 14.8. The van der Waals surface area contributed by atoms with E-state index in [0.29, 0.717) is 0 Å². The normalized spacial score (nSPS) is 11.2. The lowest BCUT2D eigenvalue weighted by Gasteiger charge is -2.01. The Morgan fingerprint density at radius 2 is 1.53 bits per heavy atom. The summed E-state index contributed by atoms with van der Waals surface area (Å²) < 4.78 is 2.18. The van der Waals surface area contributed by atoms with E-state index in [1.54, 1.807) is 0 Å². The summed E-state index contributed by atoms with van der Waals surface area (Å²) in [6.07, 6.45) is 4.27. The van der Waals surface area contributed by atoms with Crippen LogP contribution in [0.1, 0.15) is 0 Å². The van der Waals surface area contributed by atoms with Crippen LogP contribution in [-0.2, 0) is 0 Å². The number of hydrogen-bond donors (Lipinski definition) is 0. The first-order valence-corrected chi connectivity index (χ1v) is 6.47. The summed E-state index contributed by atoms with van der Waals surface area (Å²) in [5, 5.41) is 2.59. The van der Waals surface area contributed by atoms with E-state index < -0.39 is 0 Å². The van der Waals surface area contributed by atoms with Crippen molar-refractivity contribution in [3.63, 3.8) is 0 Å². The number of nitrogens with zero attached hydrogens (tertiary/aromatic N) is 1. The van der Waals surface area contributed by atoms with Gasteiger partial charge in [-0.2, -0.15) is 0 Å². The topological polar surface area (TPSA) is 4.41 Å². The van der Waals surface area contributed by atoms with Crippen molar-refractivity contribution in [2.45, 2.75) is 0 Å². The van der Waals surface area contributed by atoms with E-state index in [0.717, 1.165) is 0 Å². The van der Waals surface area contributed by atoms with Crippen LogP contribution in [0.5, 0.6) is 0 Å². The molecule has 0 unspecified atom stereocenters.